The number of carboxylic acids is 1. The van der Waals surface area contributed by atoms with Crippen molar-refractivity contribution in [1.29, 1.82) is 0 Å². The highest BCUT2D eigenvalue weighted by Crippen LogP contribution is 1.84. The van der Waals surface area contributed by atoms with Crippen LogP contribution in [0.4, 0.5) is 0 Å². The fourth-order valence-electron chi connectivity index (χ4n) is 0.943. The van der Waals surface area contributed by atoms with Crippen molar-refractivity contribution in [3.63, 3.8) is 0 Å². The van der Waals surface area contributed by atoms with Crippen molar-refractivity contribution in [2.75, 3.05) is 6.54 Å². The summed E-state index contributed by atoms with van der Waals surface area (Å²) in [5.74, 6) is -1.59. The fraction of sp³-hybridized carbons (Fsp3) is 0.375. The summed E-state index contributed by atoms with van der Waals surface area (Å²) in [5.41, 5.74) is 0. The number of amides is 1. The van der Waals surface area contributed by atoms with E-state index in [0.717, 1.165) is 0 Å². The Morgan fingerprint density at radius 1 is 1.50 bits per heavy atom. The summed E-state index contributed by atoms with van der Waals surface area (Å²) in [6, 6.07) is 0. The van der Waals surface area contributed by atoms with E-state index >= 15 is 0 Å². The Labute approximate surface area is 80.6 Å². The van der Waals surface area contributed by atoms with Gasteiger partial charge in [0.15, 0.2) is 0 Å². The number of aromatic nitrogens is 2. The molecule has 0 saturated heterocycles. The first-order valence-electron chi connectivity index (χ1n) is 4.12. The molecule has 0 fully saturated rings. The average Bonchev–Trinajstić information content (AvgIpc) is 2.55. The number of carboxylic acid groups (broad SMARTS) is 1. The predicted molar refractivity (Wildman–Crippen MR) is 47.5 cm³/mol. The van der Waals surface area contributed by atoms with E-state index in [-0.39, 0.29) is 0 Å². The van der Waals surface area contributed by atoms with Crippen LogP contribution in [0.3, 0.4) is 0 Å². The third kappa shape index (κ3) is 3.70. The molecule has 14 heavy (non-hydrogen) atoms. The van der Waals surface area contributed by atoms with E-state index in [4.69, 9.17) is 5.11 Å². The maximum Gasteiger partial charge on any atom is 0.312 e. The molecule has 6 nitrogen and oxygen atoms in total. The van der Waals surface area contributed by atoms with Crippen LogP contribution in [0.2, 0.25) is 0 Å². The number of aliphatic carboxylic acids is 1. The number of carbonyl (C=O) groups excluding carboxylic acids is 1. The lowest BCUT2D eigenvalue weighted by Crippen LogP contribution is -2.28. The van der Waals surface area contributed by atoms with Gasteiger partial charge in [-0.25, -0.2) is 4.98 Å². The minimum absolute atomic E-state index is 0.405. The topological polar surface area (TPSA) is 84.2 Å². The number of carbonyl (C=O) groups is 2. The molecule has 0 aromatic carbocycles. The first-order valence-corrected chi connectivity index (χ1v) is 4.12. The van der Waals surface area contributed by atoms with Crippen molar-refractivity contribution < 1.29 is 14.7 Å². The van der Waals surface area contributed by atoms with E-state index in [2.05, 4.69) is 10.3 Å². The molecule has 1 rings (SSSR count). The zero-order valence-corrected chi connectivity index (χ0v) is 7.51. The molecule has 0 radical (unpaired) electrons. The zero-order valence-electron chi connectivity index (χ0n) is 7.51. The van der Waals surface area contributed by atoms with E-state index in [0.29, 0.717) is 13.1 Å². The maximum absolute atomic E-state index is 10.9. The fourth-order valence-corrected chi connectivity index (χ4v) is 0.943. The predicted octanol–water partition coefficient (Wildman–Crippen LogP) is -0.526. The third-order valence-corrected chi connectivity index (χ3v) is 1.56. The normalized spacial score (nSPS) is 9.71. The highest BCUT2D eigenvalue weighted by atomic mass is 16.4. The van der Waals surface area contributed by atoms with Gasteiger partial charge in [0, 0.05) is 25.5 Å². The number of rotatable bonds is 5. The lowest BCUT2D eigenvalue weighted by atomic mass is 10.4. The minimum Gasteiger partial charge on any atom is -0.481 e. The Bertz CT molecular complexity index is 308. The summed E-state index contributed by atoms with van der Waals surface area (Å²) in [6.07, 6.45) is 4.55. The van der Waals surface area contributed by atoms with Crippen LogP contribution in [-0.4, -0.2) is 33.1 Å². The second kappa shape index (κ2) is 5.00. The largest absolute Gasteiger partial charge is 0.481 e. The molecule has 1 amide bonds. The molecule has 2 N–H and O–H groups in total. The number of hydrogen-bond donors (Lipinski definition) is 2. The molecule has 0 atom stereocenters. The summed E-state index contributed by atoms with van der Waals surface area (Å²) >= 11 is 0. The quantitative estimate of drug-likeness (QED) is 0.622. The number of nitrogens with zero attached hydrogens (tertiary/aromatic N) is 2. The summed E-state index contributed by atoms with van der Waals surface area (Å²) in [4.78, 5) is 24.8. The van der Waals surface area contributed by atoms with Gasteiger partial charge in [-0.05, 0) is 0 Å². The van der Waals surface area contributed by atoms with Crippen molar-refractivity contribution in [1.82, 2.24) is 14.9 Å². The Morgan fingerprint density at radius 3 is 2.86 bits per heavy atom. The van der Waals surface area contributed by atoms with Gasteiger partial charge >= 0.3 is 5.97 Å². The van der Waals surface area contributed by atoms with Gasteiger partial charge in [-0.15, -0.1) is 0 Å². The van der Waals surface area contributed by atoms with Crippen molar-refractivity contribution in [2.24, 2.45) is 0 Å². The van der Waals surface area contributed by atoms with Gasteiger partial charge in [0.05, 0.1) is 6.33 Å². The number of hydrogen-bond acceptors (Lipinski definition) is 3. The van der Waals surface area contributed by atoms with E-state index < -0.39 is 18.3 Å². The van der Waals surface area contributed by atoms with Crippen molar-refractivity contribution in [2.45, 2.75) is 13.0 Å². The van der Waals surface area contributed by atoms with Gasteiger partial charge in [-0.3, -0.25) is 9.59 Å². The monoisotopic (exact) mass is 197 g/mol. The first kappa shape index (κ1) is 10.2. The molecule has 0 aliphatic rings. The molecule has 0 saturated carbocycles. The van der Waals surface area contributed by atoms with Crippen LogP contribution in [-0.2, 0) is 16.1 Å². The van der Waals surface area contributed by atoms with Crippen LogP contribution in [0.1, 0.15) is 6.42 Å². The van der Waals surface area contributed by atoms with E-state index in [1.165, 1.54) is 0 Å². The van der Waals surface area contributed by atoms with Crippen LogP contribution in [0.15, 0.2) is 18.7 Å². The lowest BCUT2D eigenvalue weighted by molar-refractivity contribution is -0.140. The smallest absolute Gasteiger partial charge is 0.312 e. The van der Waals surface area contributed by atoms with E-state index in [1.54, 1.807) is 23.3 Å². The van der Waals surface area contributed by atoms with Crippen molar-refractivity contribution in [3.05, 3.63) is 18.7 Å². The van der Waals surface area contributed by atoms with Gasteiger partial charge in [-0.1, -0.05) is 0 Å². The summed E-state index contributed by atoms with van der Waals surface area (Å²) in [5, 5.41) is 10.8. The van der Waals surface area contributed by atoms with Gasteiger partial charge in [-0.2, -0.15) is 0 Å². The molecule has 1 aromatic rings. The second-order valence-corrected chi connectivity index (χ2v) is 2.72. The zero-order chi connectivity index (χ0) is 10.4. The Kier molecular flexibility index (Phi) is 3.66. The van der Waals surface area contributed by atoms with E-state index in [9.17, 15) is 9.59 Å². The molecule has 6 heteroatoms. The van der Waals surface area contributed by atoms with Crippen LogP contribution in [0, 0.1) is 0 Å². The van der Waals surface area contributed by atoms with Crippen LogP contribution >= 0.6 is 0 Å². The van der Waals surface area contributed by atoms with Gasteiger partial charge < -0.3 is 15.0 Å². The molecule has 0 aliphatic heterocycles. The molecular formula is C8H11N3O3. The number of imidazole rings is 1. The molecule has 0 unspecified atom stereocenters. The molecule has 0 bridgehead atoms. The van der Waals surface area contributed by atoms with E-state index in [1.807, 2.05) is 0 Å². The minimum atomic E-state index is -1.12. The summed E-state index contributed by atoms with van der Waals surface area (Å²) < 4.78 is 1.79. The van der Waals surface area contributed by atoms with Gasteiger partial charge in [0.1, 0.15) is 6.42 Å². The lowest BCUT2D eigenvalue weighted by Gasteiger charge is -2.03. The molecule has 0 aliphatic carbocycles. The average molecular weight is 197 g/mol. The van der Waals surface area contributed by atoms with Crippen LogP contribution in [0.25, 0.3) is 0 Å². The summed E-state index contributed by atoms with van der Waals surface area (Å²) in [6.45, 7) is 0.994. The van der Waals surface area contributed by atoms with Crippen LogP contribution < -0.4 is 5.32 Å². The van der Waals surface area contributed by atoms with Crippen molar-refractivity contribution >= 4 is 11.9 Å². The molecule has 76 valence electrons. The molecule has 1 aromatic heterocycles. The highest BCUT2D eigenvalue weighted by molar-refractivity contribution is 5.93. The molecular weight excluding hydrogens is 186 g/mol. The standard InChI is InChI=1S/C8H11N3O3/c12-7(5-8(13)14)10-2-4-11-3-1-9-6-11/h1,3,6H,2,4-5H2,(H,10,12)(H,13,14). The molecule has 0 spiro atoms. The Morgan fingerprint density at radius 2 is 2.29 bits per heavy atom. The van der Waals surface area contributed by atoms with Crippen molar-refractivity contribution in [3.8, 4) is 0 Å². The number of nitrogens with one attached hydrogen (secondary N) is 1. The van der Waals surface area contributed by atoms with Gasteiger partial charge in [0.2, 0.25) is 5.91 Å². The summed E-state index contributed by atoms with van der Waals surface area (Å²) in [7, 11) is 0. The maximum atomic E-state index is 10.9. The highest BCUT2D eigenvalue weighted by Gasteiger charge is 2.05. The molecule has 1 heterocycles. The van der Waals surface area contributed by atoms with Gasteiger partial charge in [0.25, 0.3) is 0 Å². The third-order valence-electron chi connectivity index (χ3n) is 1.56. The first-order chi connectivity index (χ1) is 6.68. The SMILES string of the molecule is O=C(O)CC(=O)NCCn1ccnc1. The Hall–Kier alpha value is -1.85. The second-order valence-electron chi connectivity index (χ2n) is 2.72. The van der Waals surface area contributed by atoms with Crippen LogP contribution in [0.5, 0.6) is 0 Å². The Balaban J connectivity index is 2.15.